The zero-order valence-electron chi connectivity index (χ0n) is 14.5. The van der Waals surface area contributed by atoms with Crippen molar-refractivity contribution in [2.24, 2.45) is 0 Å². The lowest BCUT2D eigenvalue weighted by atomic mass is 10.1. The Kier molecular flexibility index (Phi) is 5.35. The number of rotatable bonds is 6. The van der Waals surface area contributed by atoms with Gasteiger partial charge in [-0.05, 0) is 38.1 Å². The standard InChI is InChI=1S/C18H26N4O2/c1-3-20(4-2)13-16-7-8-17(24-16)18(23)21-10-5-6-15(12-21)22-11-9-19-14-22/h7-9,11,14-15H,3-6,10,12-13H2,1-2H3/t15-/m1/s1. The Morgan fingerprint density at radius 1 is 1.38 bits per heavy atom. The molecule has 1 aliphatic heterocycles. The topological polar surface area (TPSA) is 54.5 Å². The monoisotopic (exact) mass is 330 g/mol. The Labute approximate surface area is 143 Å². The maximum atomic E-state index is 12.7. The highest BCUT2D eigenvalue weighted by Gasteiger charge is 2.27. The summed E-state index contributed by atoms with van der Waals surface area (Å²) in [4.78, 5) is 21.0. The summed E-state index contributed by atoms with van der Waals surface area (Å²) in [7, 11) is 0. The maximum absolute atomic E-state index is 12.7. The summed E-state index contributed by atoms with van der Waals surface area (Å²) >= 11 is 0. The van der Waals surface area contributed by atoms with E-state index in [0.29, 0.717) is 18.3 Å². The van der Waals surface area contributed by atoms with Crippen LogP contribution in [-0.2, 0) is 6.54 Å². The number of carbonyl (C=O) groups excluding carboxylic acids is 1. The van der Waals surface area contributed by atoms with Crippen LogP contribution >= 0.6 is 0 Å². The van der Waals surface area contributed by atoms with Crippen molar-refractivity contribution in [2.45, 2.75) is 39.3 Å². The van der Waals surface area contributed by atoms with E-state index in [1.807, 2.05) is 29.6 Å². The summed E-state index contributed by atoms with van der Waals surface area (Å²) in [5, 5.41) is 0. The molecule has 1 fully saturated rings. The number of nitrogens with zero attached hydrogens (tertiary/aromatic N) is 4. The molecular weight excluding hydrogens is 304 g/mol. The summed E-state index contributed by atoms with van der Waals surface area (Å²) in [6.07, 6.45) is 7.65. The molecule has 1 saturated heterocycles. The first kappa shape index (κ1) is 16.8. The van der Waals surface area contributed by atoms with E-state index in [2.05, 4.69) is 28.3 Å². The zero-order valence-corrected chi connectivity index (χ0v) is 14.5. The van der Waals surface area contributed by atoms with Crippen molar-refractivity contribution < 1.29 is 9.21 Å². The summed E-state index contributed by atoms with van der Waals surface area (Å²) in [5.74, 6) is 1.29. The molecule has 6 heteroatoms. The van der Waals surface area contributed by atoms with Crippen molar-refractivity contribution in [3.05, 3.63) is 42.4 Å². The molecule has 0 spiro atoms. The van der Waals surface area contributed by atoms with Crippen LogP contribution in [0.25, 0.3) is 0 Å². The highest BCUT2D eigenvalue weighted by Crippen LogP contribution is 2.23. The largest absolute Gasteiger partial charge is 0.455 e. The zero-order chi connectivity index (χ0) is 16.9. The molecule has 0 radical (unpaired) electrons. The van der Waals surface area contributed by atoms with Crippen molar-refractivity contribution in [3.63, 3.8) is 0 Å². The Bertz CT molecular complexity index is 646. The minimum Gasteiger partial charge on any atom is -0.455 e. The van der Waals surface area contributed by atoms with Crippen LogP contribution in [0.1, 0.15) is 49.0 Å². The minimum atomic E-state index is -0.00869. The first-order chi connectivity index (χ1) is 11.7. The predicted octanol–water partition coefficient (Wildman–Crippen LogP) is 2.80. The quantitative estimate of drug-likeness (QED) is 0.817. The molecule has 6 nitrogen and oxygen atoms in total. The number of hydrogen-bond donors (Lipinski definition) is 0. The smallest absolute Gasteiger partial charge is 0.289 e. The Hall–Kier alpha value is -2.08. The van der Waals surface area contributed by atoms with Gasteiger partial charge in [0, 0.05) is 25.5 Å². The molecule has 1 aliphatic rings. The molecule has 0 bridgehead atoms. The second-order valence-electron chi connectivity index (χ2n) is 6.28. The van der Waals surface area contributed by atoms with E-state index in [1.165, 1.54) is 0 Å². The van der Waals surface area contributed by atoms with Crippen LogP contribution in [0, 0.1) is 0 Å². The molecule has 0 aromatic carbocycles. The second kappa shape index (κ2) is 7.66. The molecule has 2 aromatic heterocycles. The number of imidazole rings is 1. The third-order valence-electron chi connectivity index (χ3n) is 4.78. The molecule has 1 atom stereocenters. The van der Waals surface area contributed by atoms with E-state index >= 15 is 0 Å². The number of amides is 1. The summed E-state index contributed by atoms with van der Waals surface area (Å²) < 4.78 is 7.90. The SMILES string of the molecule is CCN(CC)Cc1ccc(C(=O)N2CCC[C@@H](n3ccnc3)C2)o1. The molecule has 0 unspecified atom stereocenters. The van der Waals surface area contributed by atoms with Gasteiger partial charge in [0.15, 0.2) is 5.76 Å². The Balaban J connectivity index is 1.64. The van der Waals surface area contributed by atoms with Gasteiger partial charge in [-0.25, -0.2) is 4.98 Å². The molecule has 2 aromatic rings. The molecule has 0 N–H and O–H groups in total. The van der Waals surface area contributed by atoms with Crippen LogP contribution in [0.2, 0.25) is 0 Å². The van der Waals surface area contributed by atoms with Crippen molar-refractivity contribution in [1.82, 2.24) is 19.4 Å². The number of hydrogen-bond acceptors (Lipinski definition) is 4. The van der Waals surface area contributed by atoms with E-state index in [-0.39, 0.29) is 5.91 Å². The van der Waals surface area contributed by atoms with Crippen molar-refractivity contribution in [3.8, 4) is 0 Å². The van der Waals surface area contributed by atoms with Crippen molar-refractivity contribution in [2.75, 3.05) is 26.2 Å². The molecule has 24 heavy (non-hydrogen) atoms. The predicted molar refractivity (Wildman–Crippen MR) is 91.7 cm³/mol. The molecular formula is C18H26N4O2. The van der Waals surface area contributed by atoms with E-state index in [0.717, 1.165) is 44.8 Å². The molecule has 3 heterocycles. The molecule has 3 rings (SSSR count). The van der Waals surface area contributed by atoms with Gasteiger partial charge in [-0.3, -0.25) is 9.69 Å². The normalized spacial score (nSPS) is 18.3. The average Bonchev–Trinajstić information content (AvgIpc) is 3.31. The van der Waals surface area contributed by atoms with E-state index in [4.69, 9.17) is 4.42 Å². The van der Waals surface area contributed by atoms with Gasteiger partial charge in [-0.1, -0.05) is 13.8 Å². The van der Waals surface area contributed by atoms with Crippen molar-refractivity contribution in [1.29, 1.82) is 0 Å². The highest BCUT2D eigenvalue weighted by molar-refractivity contribution is 5.91. The summed E-state index contributed by atoms with van der Waals surface area (Å²) in [6, 6.07) is 4.03. The number of furan rings is 1. The number of likely N-dealkylation sites (tertiary alicyclic amines) is 1. The lowest BCUT2D eigenvalue weighted by molar-refractivity contribution is 0.0644. The van der Waals surface area contributed by atoms with Crippen LogP contribution in [0.4, 0.5) is 0 Å². The molecule has 130 valence electrons. The lowest BCUT2D eigenvalue weighted by Crippen LogP contribution is -2.40. The van der Waals surface area contributed by atoms with Gasteiger partial charge in [-0.2, -0.15) is 0 Å². The Morgan fingerprint density at radius 2 is 2.21 bits per heavy atom. The minimum absolute atomic E-state index is 0.00869. The maximum Gasteiger partial charge on any atom is 0.289 e. The number of aromatic nitrogens is 2. The van der Waals surface area contributed by atoms with Crippen LogP contribution < -0.4 is 0 Å². The van der Waals surface area contributed by atoms with Crippen molar-refractivity contribution >= 4 is 5.91 Å². The van der Waals surface area contributed by atoms with E-state index in [1.54, 1.807) is 6.20 Å². The second-order valence-corrected chi connectivity index (χ2v) is 6.28. The average molecular weight is 330 g/mol. The number of carbonyl (C=O) groups is 1. The Morgan fingerprint density at radius 3 is 2.92 bits per heavy atom. The van der Waals surface area contributed by atoms with Gasteiger partial charge in [0.05, 0.1) is 18.9 Å². The van der Waals surface area contributed by atoms with Crippen LogP contribution in [0.5, 0.6) is 0 Å². The van der Waals surface area contributed by atoms with Gasteiger partial charge in [0.25, 0.3) is 5.91 Å². The van der Waals surface area contributed by atoms with Crippen LogP contribution in [0.3, 0.4) is 0 Å². The van der Waals surface area contributed by atoms with Gasteiger partial charge in [-0.15, -0.1) is 0 Å². The van der Waals surface area contributed by atoms with E-state index in [9.17, 15) is 4.79 Å². The van der Waals surface area contributed by atoms with Gasteiger partial charge < -0.3 is 13.9 Å². The fourth-order valence-electron chi connectivity index (χ4n) is 3.27. The fourth-order valence-corrected chi connectivity index (χ4v) is 3.27. The lowest BCUT2D eigenvalue weighted by Gasteiger charge is -2.32. The van der Waals surface area contributed by atoms with Gasteiger partial charge >= 0.3 is 0 Å². The van der Waals surface area contributed by atoms with Crippen LogP contribution in [0.15, 0.2) is 35.3 Å². The number of piperidine rings is 1. The first-order valence-corrected chi connectivity index (χ1v) is 8.79. The molecule has 0 saturated carbocycles. The molecule has 1 amide bonds. The highest BCUT2D eigenvalue weighted by atomic mass is 16.4. The van der Waals surface area contributed by atoms with Crippen LogP contribution in [-0.4, -0.2) is 51.4 Å². The third-order valence-corrected chi connectivity index (χ3v) is 4.78. The summed E-state index contributed by atoms with van der Waals surface area (Å²) in [5.41, 5.74) is 0. The summed E-state index contributed by atoms with van der Waals surface area (Å²) in [6.45, 7) is 8.44. The fraction of sp³-hybridized carbons (Fsp3) is 0.556. The van der Waals surface area contributed by atoms with Gasteiger partial charge in [0.2, 0.25) is 0 Å². The molecule has 0 aliphatic carbocycles. The first-order valence-electron chi connectivity index (χ1n) is 8.79. The van der Waals surface area contributed by atoms with E-state index < -0.39 is 0 Å². The third kappa shape index (κ3) is 3.70. The van der Waals surface area contributed by atoms with Gasteiger partial charge in [0.1, 0.15) is 5.76 Å².